The fourth-order valence-electron chi connectivity index (χ4n) is 2.62. The summed E-state index contributed by atoms with van der Waals surface area (Å²) >= 11 is 2.54. The third kappa shape index (κ3) is 4.25. The third-order valence-corrected chi connectivity index (χ3v) is 5.99. The van der Waals surface area contributed by atoms with Crippen molar-refractivity contribution in [3.63, 3.8) is 0 Å². The van der Waals surface area contributed by atoms with E-state index in [1.54, 1.807) is 12.3 Å². The van der Waals surface area contributed by atoms with Crippen LogP contribution in [0.5, 0.6) is 0 Å². The first-order chi connectivity index (χ1) is 14.0. The van der Waals surface area contributed by atoms with Crippen molar-refractivity contribution < 1.29 is 13.6 Å². The van der Waals surface area contributed by atoms with Gasteiger partial charge in [0.05, 0.1) is 16.5 Å². The van der Waals surface area contributed by atoms with E-state index in [0.29, 0.717) is 16.4 Å². The summed E-state index contributed by atoms with van der Waals surface area (Å²) in [5.41, 5.74) is 1.72. The van der Waals surface area contributed by atoms with E-state index < -0.39 is 16.9 Å². The van der Waals surface area contributed by atoms with Crippen LogP contribution in [-0.4, -0.2) is 26.1 Å². The maximum Gasteiger partial charge on any atom is 0.239 e. The highest BCUT2D eigenvalue weighted by Crippen LogP contribution is 2.30. The van der Waals surface area contributed by atoms with Crippen molar-refractivity contribution >= 4 is 45.0 Å². The number of anilines is 1. The van der Waals surface area contributed by atoms with Gasteiger partial charge in [0, 0.05) is 16.3 Å². The van der Waals surface area contributed by atoms with Gasteiger partial charge in [0.15, 0.2) is 16.8 Å². The highest BCUT2D eigenvalue weighted by atomic mass is 32.2. The first-order valence-electron chi connectivity index (χ1n) is 8.59. The van der Waals surface area contributed by atoms with E-state index in [0.717, 1.165) is 28.1 Å². The number of carbonyl (C=O) groups is 1. The smallest absolute Gasteiger partial charge is 0.239 e. The molecule has 0 bridgehead atoms. The molecule has 5 nitrogen and oxygen atoms in total. The molecule has 0 spiro atoms. The standard InChI is InChI=1S/C20H14F2N4OS2/c1-11(29-19-13-4-2-3-5-16(13)23-10-24-19)18(27)26-20-25-17(9-28-20)12-6-7-14(21)15(22)8-12/h2-11H,1H3,(H,25,26,27). The van der Waals surface area contributed by atoms with Gasteiger partial charge in [0.1, 0.15) is 11.4 Å². The summed E-state index contributed by atoms with van der Waals surface area (Å²) in [6, 6.07) is 11.2. The number of hydrogen-bond donors (Lipinski definition) is 1. The summed E-state index contributed by atoms with van der Waals surface area (Å²) in [4.78, 5) is 25.4. The van der Waals surface area contributed by atoms with Gasteiger partial charge in [-0.2, -0.15) is 0 Å². The minimum Gasteiger partial charge on any atom is -0.301 e. The minimum atomic E-state index is -0.941. The molecule has 1 amide bonds. The van der Waals surface area contributed by atoms with E-state index in [1.165, 1.54) is 35.5 Å². The Labute approximate surface area is 173 Å². The van der Waals surface area contributed by atoms with E-state index in [-0.39, 0.29) is 5.91 Å². The molecular formula is C20H14F2N4OS2. The number of thiazole rings is 1. The molecule has 1 unspecified atom stereocenters. The van der Waals surface area contributed by atoms with Crippen molar-refractivity contribution in [1.29, 1.82) is 0 Å². The number of thioether (sulfide) groups is 1. The van der Waals surface area contributed by atoms with Crippen molar-refractivity contribution in [2.24, 2.45) is 0 Å². The summed E-state index contributed by atoms with van der Waals surface area (Å²) in [7, 11) is 0. The molecule has 1 N–H and O–H groups in total. The lowest BCUT2D eigenvalue weighted by Gasteiger charge is -2.11. The molecule has 4 aromatic rings. The maximum absolute atomic E-state index is 13.4. The van der Waals surface area contributed by atoms with Crippen LogP contribution in [0, 0.1) is 11.6 Å². The van der Waals surface area contributed by atoms with Crippen LogP contribution in [0.3, 0.4) is 0 Å². The number of carbonyl (C=O) groups excluding carboxylic acids is 1. The van der Waals surface area contributed by atoms with Crippen LogP contribution in [0.25, 0.3) is 22.2 Å². The monoisotopic (exact) mass is 428 g/mol. The van der Waals surface area contributed by atoms with Crippen LogP contribution in [0.1, 0.15) is 6.92 Å². The minimum absolute atomic E-state index is 0.233. The average Bonchev–Trinajstić information content (AvgIpc) is 3.18. The average molecular weight is 428 g/mol. The topological polar surface area (TPSA) is 67.8 Å². The zero-order chi connectivity index (χ0) is 20.4. The van der Waals surface area contributed by atoms with Crippen molar-refractivity contribution in [1.82, 2.24) is 15.0 Å². The number of aromatic nitrogens is 3. The molecule has 0 aliphatic heterocycles. The van der Waals surface area contributed by atoms with Crippen molar-refractivity contribution in [2.45, 2.75) is 17.2 Å². The Morgan fingerprint density at radius 2 is 1.97 bits per heavy atom. The largest absolute Gasteiger partial charge is 0.301 e. The highest BCUT2D eigenvalue weighted by Gasteiger charge is 2.18. The molecule has 4 rings (SSSR count). The number of rotatable bonds is 5. The Morgan fingerprint density at radius 3 is 2.79 bits per heavy atom. The zero-order valence-corrected chi connectivity index (χ0v) is 16.7. The zero-order valence-electron chi connectivity index (χ0n) is 15.1. The second kappa shape index (κ2) is 8.22. The van der Waals surface area contributed by atoms with Crippen LogP contribution in [0.2, 0.25) is 0 Å². The van der Waals surface area contributed by atoms with Gasteiger partial charge in [-0.3, -0.25) is 4.79 Å². The van der Waals surface area contributed by atoms with Crippen LogP contribution >= 0.6 is 23.1 Å². The molecule has 2 aromatic heterocycles. The molecule has 29 heavy (non-hydrogen) atoms. The van der Waals surface area contributed by atoms with Gasteiger partial charge in [-0.05, 0) is 31.2 Å². The van der Waals surface area contributed by atoms with E-state index in [9.17, 15) is 13.6 Å². The second-order valence-corrected chi connectivity index (χ2v) is 8.30. The molecule has 2 aromatic carbocycles. The van der Waals surface area contributed by atoms with E-state index in [2.05, 4.69) is 20.3 Å². The van der Waals surface area contributed by atoms with Crippen LogP contribution < -0.4 is 5.32 Å². The molecule has 146 valence electrons. The number of nitrogens with one attached hydrogen (secondary N) is 1. The molecule has 0 fully saturated rings. The number of fused-ring (bicyclic) bond motifs is 1. The molecule has 0 aliphatic rings. The first-order valence-corrected chi connectivity index (χ1v) is 10.4. The van der Waals surface area contributed by atoms with Gasteiger partial charge in [-0.25, -0.2) is 23.7 Å². The third-order valence-electron chi connectivity index (χ3n) is 4.11. The Bertz CT molecular complexity index is 1190. The van der Waals surface area contributed by atoms with Crippen LogP contribution in [-0.2, 0) is 4.79 Å². The van der Waals surface area contributed by atoms with E-state index in [4.69, 9.17) is 0 Å². The molecule has 1 atom stereocenters. The van der Waals surface area contributed by atoms with Gasteiger partial charge >= 0.3 is 0 Å². The summed E-state index contributed by atoms with van der Waals surface area (Å²) in [6.45, 7) is 1.78. The number of benzene rings is 2. The predicted octanol–water partition coefficient (Wildman–Crippen LogP) is 5.15. The fourth-order valence-corrected chi connectivity index (χ4v) is 4.25. The molecule has 2 heterocycles. The fraction of sp³-hybridized carbons (Fsp3) is 0.100. The molecule has 0 radical (unpaired) electrons. The second-order valence-electron chi connectivity index (χ2n) is 6.11. The lowest BCUT2D eigenvalue weighted by Crippen LogP contribution is -2.22. The maximum atomic E-state index is 13.4. The van der Waals surface area contributed by atoms with Crippen molar-refractivity contribution in [3.05, 3.63) is 65.8 Å². The Hall–Kier alpha value is -2.91. The van der Waals surface area contributed by atoms with Gasteiger partial charge < -0.3 is 5.32 Å². The number of amides is 1. The van der Waals surface area contributed by atoms with Gasteiger partial charge in [-0.15, -0.1) is 11.3 Å². The summed E-state index contributed by atoms with van der Waals surface area (Å²) in [6.07, 6.45) is 1.48. The SMILES string of the molecule is CC(Sc1ncnc2ccccc12)C(=O)Nc1nc(-c2ccc(F)c(F)c2)cs1. The molecule has 9 heteroatoms. The van der Waals surface area contributed by atoms with E-state index in [1.807, 2.05) is 24.3 Å². The molecule has 0 saturated heterocycles. The predicted molar refractivity (Wildman–Crippen MR) is 111 cm³/mol. The first kappa shape index (κ1) is 19.4. The molecular weight excluding hydrogens is 414 g/mol. The van der Waals surface area contributed by atoms with Crippen molar-refractivity contribution in [3.8, 4) is 11.3 Å². The lowest BCUT2D eigenvalue weighted by molar-refractivity contribution is -0.115. The Kier molecular flexibility index (Phi) is 5.50. The van der Waals surface area contributed by atoms with E-state index >= 15 is 0 Å². The molecule has 0 saturated carbocycles. The Balaban J connectivity index is 1.46. The number of nitrogens with zero attached hydrogens (tertiary/aromatic N) is 3. The normalized spacial score (nSPS) is 12.1. The van der Waals surface area contributed by atoms with Crippen molar-refractivity contribution in [2.75, 3.05) is 5.32 Å². The summed E-state index contributed by atoms with van der Waals surface area (Å²) in [5.74, 6) is -2.09. The highest BCUT2D eigenvalue weighted by molar-refractivity contribution is 8.00. The Morgan fingerprint density at radius 1 is 1.14 bits per heavy atom. The van der Waals surface area contributed by atoms with Crippen LogP contribution in [0.4, 0.5) is 13.9 Å². The van der Waals surface area contributed by atoms with Gasteiger partial charge in [0.25, 0.3) is 0 Å². The quantitative estimate of drug-likeness (QED) is 0.352. The van der Waals surface area contributed by atoms with Gasteiger partial charge in [0.2, 0.25) is 5.91 Å². The van der Waals surface area contributed by atoms with Crippen LogP contribution in [0.15, 0.2) is 59.2 Å². The molecule has 0 aliphatic carbocycles. The number of halogens is 2. The summed E-state index contributed by atoms with van der Waals surface area (Å²) in [5, 5.41) is 6.00. The lowest BCUT2D eigenvalue weighted by atomic mass is 10.2. The number of hydrogen-bond acceptors (Lipinski definition) is 6. The number of para-hydroxylation sites is 1. The van der Waals surface area contributed by atoms with Gasteiger partial charge in [-0.1, -0.05) is 30.0 Å². The summed E-state index contributed by atoms with van der Waals surface area (Å²) < 4.78 is 26.5.